The molecule has 118 valence electrons. The summed E-state index contributed by atoms with van der Waals surface area (Å²) in [6.07, 6.45) is 1.24. The van der Waals surface area contributed by atoms with Gasteiger partial charge in [-0.2, -0.15) is 0 Å². The highest BCUT2D eigenvalue weighted by molar-refractivity contribution is 5.79. The topological polar surface area (TPSA) is 61.5 Å². The standard InChI is InChI=1S/C17H27NO3/c1-6-20-16(19)17(5,18)8-7-9-21-15-13(3)10-12(2)11-14(15)4/h10-11H,6-9,18H2,1-5H3. The van der Waals surface area contributed by atoms with Crippen LogP contribution in [0.3, 0.4) is 0 Å². The number of esters is 1. The number of carbonyl (C=O) groups is 1. The predicted molar refractivity (Wildman–Crippen MR) is 84.6 cm³/mol. The number of rotatable bonds is 7. The number of aryl methyl sites for hydroxylation is 3. The zero-order valence-electron chi connectivity index (χ0n) is 13.8. The quantitative estimate of drug-likeness (QED) is 0.620. The Morgan fingerprint density at radius 2 is 1.81 bits per heavy atom. The molecule has 0 saturated heterocycles. The molecule has 21 heavy (non-hydrogen) atoms. The molecule has 1 atom stereocenters. The molecule has 1 aromatic carbocycles. The molecular weight excluding hydrogens is 266 g/mol. The van der Waals surface area contributed by atoms with Gasteiger partial charge < -0.3 is 15.2 Å². The normalized spacial score (nSPS) is 13.6. The maximum Gasteiger partial charge on any atom is 0.325 e. The van der Waals surface area contributed by atoms with Crippen molar-refractivity contribution in [2.45, 2.75) is 53.0 Å². The summed E-state index contributed by atoms with van der Waals surface area (Å²) in [7, 11) is 0. The van der Waals surface area contributed by atoms with E-state index in [0.717, 1.165) is 16.9 Å². The number of hydrogen-bond donors (Lipinski definition) is 1. The molecule has 0 spiro atoms. The molecule has 0 aliphatic rings. The first-order valence-electron chi connectivity index (χ1n) is 7.44. The first-order valence-corrected chi connectivity index (χ1v) is 7.44. The van der Waals surface area contributed by atoms with E-state index in [1.807, 2.05) is 13.8 Å². The van der Waals surface area contributed by atoms with Gasteiger partial charge in [-0.3, -0.25) is 4.79 Å². The Labute approximate surface area is 127 Å². The molecule has 0 aliphatic carbocycles. The van der Waals surface area contributed by atoms with Crippen molar-refractivity contribution < 1.29 is 14.3 Å². The largest absolute Gasteiger partial charge is 0.493 e. The van der Waals surface area contributed by atoms with Crippen molar-refractivity contribution in [1.82, 2.24) is 0 Å². The zero-order valence-corrected chi connectivity index (χ0v) is 13.8. The van der Waals surface area contributed by atoms with Crippen LogP contribution in [0.25, 0.3) is 0 Å². The van der Waals surface area contributed by atoms with Crippen LogP contribution in [0.2, 0.25) is 0 Å². The van der Waals surface area contributed by atoms with E-state index in [4.69, 9.17) is 15.2 Å². The summed E-state index contributed by atoms with van der Waals surface area (Å²) in [5.74, 6) is 0.572. The Morgan fingerprint density at radius 3 is 2.33 bits per heavy atom. The number of nitrogens with two attached hydrogens (primary N) is 1. The molecule has 2 N–H and O–H groups in total. The van der Waals surface area contributed by atoms with Crippen LogP contribution >= 0.6 is 0 Å². The molecule has 0 aromatic heterocycles. The fraction of sp³-hybridized carbons (Fsp3) is 0.588. The highest BCUT2D eigenvalue weighted by Gasteiger charge is 2.29. The number of ether oxygens (including phenoxy) is 2. The van der Waals surface area contributed by atoms with E-state index in [0.29, 0.717) is 26.1 Å². The summed E-state index contributed by atoms with van der Waals surface area (Å²) >= 11 is 0. The Kier molecular flexibility index (Phi) is 6.21. The third-order valence-electron chi connectivity index (χ3n) is 3.43. The molecule has 4 heteroatoms. The minimum Gasteiger partial charge on any atom is -0.493 e. The molecule has 0 amide bonds. The Hall–Kier alpha value is -1.55. The summed E-state index contributed by atoms with van der Waals surface area (Å²) in [6, 6.07) is 4.21. The van der Waals surface area contributed by atoms with Crippen molar-refractivity contribution in [2.75, 3.05) is 13.2 Å². The lowest BCUT2D eigenvalue weighted by atomic mass is 9.98. The molecule has 4 nitrogen and oxygen atoms in total. The third-order valence-corrected chi connectivity index (χ3v) is 3.43. The second-order valence-corrected chi connectivity index (χ2v) is 5.82. The second kappa shape index (κ2) is 7.46. The van der Waals surface area contributed by atoms with E-state index in [1.165, 1.54) is 5.56 Å². The van der Waals surface area contributed by atoms with Crippen LogP contribution in [0.15, 0.2) is 12.1 Å². The van der Waals surface area contributed by atoms with E-state index < -0.39 is 5.54 Å². The molecule has 1 aromatic rings. The SMILES string of the molecule is CCOC(=O)C(C)(N)CCCOc1c(C)cc(C)cc1C. The minimum absolute atomic E-state index is 0.351. The van der Waals surface area contributed by atoms with Gasteiger partial charge >= 0.3 is 5.97 Å². The summed E-state index contributed by atoms with van der Waals surface area (Å²) in [6.45, 7) is 10.5. The van der Waals surface area contributed by atoms with Gasteiger partial charge in [-0.05, 0) is 58.6 Å². The molecule has 0 bridgehead atoms. The highest BCUT2D eigenvalue weighted by Crippen LogP contribution is 2.25. The van der Waals surface area contributed by atoms with Crippen molar-refractivity contribution in [3.05, 3.63) is 28.8 Å². The average molecular weight is 293 g/mol. The second-order valence-electron chi connectivity index (χ2n) is 5.82. The summed E-state index contributed by atoms with van der Waals surface area (Å²) in [5.41, 5.74) is 8.52. The Morgan fingerprint density at radius 1 is 1.24 bits per heavy atom. The first-order chi connectivity index (χ1) is 9.77. The number of carbonyl (C=O) groups excluding carboxylic acids is 1. The molecule has 0 radical (unpaired) electrons. The fourth-order valence-electron chi connectivity index (χ4n) is 2.41. The minimum atomic E-state index is -0.948. The van der Waals surface area contributed by atoms with E-state index in [2.05, 4.69) is 19.1 Å². The molecule has 1 unspecified atom stereocenters. The lowest BCUT2D eigenvalue weighted by molar-refractivity contribution is -0.149. The molecular formula is C17H27NO3. The maximum absolute atomic E-state index is 11.7. The molecule has 1 rings (SSSR count). The first kappa shape index (κ1) is 17.5. The number of hydrogen-bond acceptors (Lipinski definition) is 4. The monoisotopic (exact) mass is 293 g/mol. The van der Waals surface area contributed by atoms with Gasteiger partial charge in [0.25, 0.3) is 0 Å². The molecule has 0 aliphatic heterocycles. The highest BCUT2D eigenvalue weighted by atomic mass is 16.5. The van der Waals surface area contributed by atoms with Crippen molar-refractivity contribution in [3.8, 4) is 5.75 Å². The summed E-state index contributed by atoms with van der Waals surface area (Å²) < 4.78 is 10.8. The Balaban J connectivity index is 2.50. The summed E-state index contributed by atoms with van der Waals surface area (Å²) in [5, 5.41) is 0. The van der Waals surface area contributed by atoms with Gasteiger partial charge in [-0.25, -0.2) is 0 Å². The van der Waals surface area contributed by atoms with Crippen molar-refractivity contribution in [3.63, 3.8) is 0 Å². The van der Waals surface area contributed by atoms with Gasteiger partial charge in [0.15, 0.2) is 0 Å². The maximum atomic E-state index is 11.7. The third kappa shape index (κ3) is 5.05. The van der Waals surface area contributed by atoms with E-state index in [1.54, 1.807) is 13.8 Å². The molecule has 0 saturated carbocycles. The van der Waals surface area contributed by atoms with Crippen LogP contribution in [0.4, 0.5) is 0 Å². The van der Waals surface area contributed by atoms with Gasteiger partial charge in [-0.15, -0.1) is 0 Å². The van der Waals surface area contributed by atoms with Gasteiger partial charge in [0.2, 0.25) is 0 Å². The van der Waals surface area contributed by atoms with Crippen LogP contribution in [0.1, 0.15) is 43.4 Å². The Bertz CT molecular complexity index is 472. The van der Waals surface area contributed by atoms with Gasteiger partial charge in [0.05, 0.1) is 13.2 Å². The zero-order chi connectivity index (χ0) is 16.0. The molecule has 0 fully saturated rings. The van der Waals surface area contributed by atoms with Crippen LogP contribution in [0, 0.1) is 20.8 Å². The van der Waals surface area contributed by atoms with Crippen LogP contribution in [0.5, 0.6) is 5.75 Å². The van der Waals surface area contributed by atoms with Crippen molar-refractivity contribution >= 4 is 5.97 Å². The average Bonchev–Trinajstić information content (AvgIpc) is 2.36. The number of benzene rings is 1. The lowest BCUT2D eigenvalue weighted by Gasteiger charge is -2.22. The van der Waals surface area contributed by atoms with Gasteiger partial charge in [0, 0.05) is 0 Å². The van der Waals surface area contributed by atoms with Crippen LogP contribution in [-0.2, 0) is 9.53 Å². The van der Waals surface area contributed by atoms with E-state index in [-0.39, 0.29) is 5.97 Å². The predicted octanol–water partition coefficient (Wildman–Crippen LogP) is 3.05. The molecule has 0 heterocycles. The van der Waals surface area contributed by atoms with Gasteiger partial charge in [0.1, 0.15) is 11.3 Å². The van der Waals surface area contributed by atoms with Crippen molar-refractivity contribution in [1.29, 1.82) is 0 Å². The fourth-order valence-corrected chi connectivity index (χ4v) is 2.41. The van der Waals surface area contributed by atoms with Gasteiger partial charge in [-0.1, -0.05) is 17.7 Å². The summed E-state index contributed by atoms with van der Waals surface area (Å²) in [4.78, 5) is 11.7. The van der Waals surface area contributed by atoms with Crippen molar-refractivity contribution in [2.24, 2.45) is 5.73 Å². The van der Waals surface area contributed by atoms with Crippen LogP contribution < -0.4 is 10.5 Å². The van der Waals surface area contributed by atoms with E-state index in [9.17, 15) is 4.79 Å². The lowest BCUT2D eigenvalue weighted by Crippen LogP contribution is -2.46. The van der Waals surface area contributed by atoms with E-state index >= 15 is 0 Å². The van der Waals surface area contributed by atoms with Crippen LogP contribution in [-0.4, -0.2) is 24.7 Å². The smallest absolute Gasteiger partial charge is 0.325 e.